The molecule has 160 valence electrons. The summed E-state index contributed by atoms with van der Waals surface area (Å²) in [6.45, 7) is 5.32. The minimum absolute atomic E-state index is 0.365. The van der Waals surface area contributed by atoms with E-state index in [0.717, 1.165) is 39.0 Å². The highest BCUT2D eigenvalue weighted by Gasteiger charge is 2.21. The van der Waals surface area contributed by atoms with Crippen molar-refractivity contribution in [2.75, 3.05) is 7.11 Å². The fourth-order valence-corrected chi connectivity index (χ4v) is 4.39. The Morgan fingerprint density at radius 3 is 2.81 bits per heavy atom. The number of nitrogens with zero attached hydrogens (tertiary/aromatic N) is 2. The van der Waals surface area contributed by atoms with Gasteiger partial charge in [0.1, 0.15) is 12.4 Å². The monoisotopic (exact) mass is 424 g/mol. The summed E-state index contributed by atoms with van der Waals surface area (Å²) in [6, 6.07) is 18.0. The normalized spacial score (nSPS) is 13.9. The van der Waals surface area contributed by atoms with Gasteiger partial charge in [-0.15, -0.1) is 0 Å². The Labute approximate surface area is 186 Å². The van der Waals surface area contributed by atoms with E-state index in [1.165, 1.54) is 18.2 Å². The molecular weight excluding hydrogens is 400 g/mol. The van der Waals surface area contributed by atoms with Crippen LogP contribution in [0.2, 0.25) is 0 Å². The van der Waals surface area contributed by atoms with E-state index < -0.39 is 0 Å². The van der Waals surface area contributed by atoms with Gasteiger partial charge >= 0.3 is 5.97 Å². The number of carbonyl (C=O) groups excluding carboxylic acids is 1. The molecule has 0 radical (unpaired) electrons. The smallest absolute Gasteiger partial charge is 0.337 e. The quantitative estimate of drug-likeness (QED) is 0.410. The molecule has 3 aromatic carbocycles. The van der Waals surface area contributed by atoms with Crippen molar-refractivity contribution in [3.8, 4) is 5.75 Å². The number of fused-ring (bicyclic) bond motifs is 3. The van der Waals surface area contributed by atoms with Crippen molar-refractivity contribution in [2.45, 2.75) is 27.0 Å². The highest BCUT2D eigenvalue weighted by atomic mass is 16.5. The van der Waals surface area contributed by atoms with Gasteiger partial charge < -0.3 is 14.0 Å². The van der Waals surface area contributed by atoms with Crippen molar-refractivity contribution < 1.29 is 14.3 Å². The van der Waals surface area contributed by atoms with Crippen molar-refractivity contribution in [3.63, 3.8) is 0 Å². The Morgan fingerprint density at radius 2 is 1.97 bits per heavy atom. The minimum atomic E-state index is -0.365. The number of aromatic nitrogens is 2. The molecule has 1 aliphatic heterocycles. The maximum atomic E-state index is 12.2. The van der Waals surface area contributed by atoms with Crippen LogP contribution in [0, 0.1) is 13.8 Å². The molecule has 2 heterocycles. The molecule has 0 amide bonds. The molecule has 1 aromatic heterocycles. The first-order valence-corrected chi connectivity index (χ1v) is 10.6. The van der Waals surface area contributed by atoms with Crippen molar-refractivity contribution in [3.05, 3.63) is 100 Å². The second kappa shape index (κ2) is 8.00. The van der Waals surface area contributed by atoms with E-state index in [1.54, 1.807) is 6.07 Å². The van der Waals surface area contributed by atoms with Crippen molar-refractivity contribution in [1.29, 1.82) is 0 Å². The molecule has 0 saturated carbocycles. The Morgan fingerprint density at radius 1 is 1.12 bits per heavy atom. The molecule has 0 aliphatic carbocycles. The van der Waals surface area contributed by atoms with Crippen LogP contribution in [0.1, 0.15) is 38.2 Å². The van der Waals surface area contributed by atoms with E-state index in [2.05, 4.69) is 53.7 Å². The number of hydrogen-bond acceptors (Lipinski definition) is 4. The standard InChI is InChI=1S/C27H24N2O3/c1-17-12-18(2)26-24(13-17)29(16-28-26)11-10-22-21-7-5-4-6-20(21)15-32-25-9-8-19(14-23(22)25)27(30)31-3/h4-10,12-14,16H,11,15H2,1-3H3/b22-10+. The maximum Gasteiger partial charge on any atom is 0.337 e. The summed E-state index contributed by atoms with van der Waals surface area (Å²) in [5.74, 6) is 0.388. The summed E-state index contributed by atoms with van der Waals surface area (Å²) in [6.07, 6.45) is 4.07. The topological polar surface area (TPSA) is 53.4 Å². The fourth-order valence-electron chi connectivity index (χ4n) is 4.39. The highest BCUT2D eigenvalue weighted by molar-refractivity contribution is 5.93. The number of rotatable bonds is 3. The van der Waals surface area contributed by atoms with Gasteiger partial charge in [0.2, 0.25) is 0 Å². The number of benzene rings is 3. The maximum absolute atomic E-state index is 12.2. The Kier molecular flexibility index (Phi) is 5.02. The van der Waals surface area contributed by atoms with Crippen LogP contribution >= 0.6 is 0 Å². The van der Waals surface area contributed by atoms with Gasteiger partial charge in [-0.05, 0) is 65.9 Å². The van der Waals surface area contributed by atoms with Crippen molar-refractivity contribution >= 4 is 22.6 Å². The number of methoxy groups -OCH3 is 1. The number of imidazole rings is 1. The second-order valence-corrected chi connectivity index (χ2v) is 8.11. The molecule has 32 heavy (non-hydrogen) atoms. The third kappa shape index (κ3) is 3.46. The van der Waals surface area contributed by atoms with Crippen LogP contribution in [0.15, 0.2) is 67.0 Å². The predicted molar refractivity (Wildman–Crippen MR) is 125 cm³/mol. The van der Waals surface area contributed by atoms with Crippen LogP contribution < -0.4 is 4.74 Å². The van der Waals surface area contributed by atoms with Gasteiger partial charge in [-0.3, -0.25) is 0 Å². The lowest BCUT2D eigenvalue weighted by atomic mass is 9.93. The zero-order valence-corrected chi connectivity index (χ0v) is 18.4. The molecule has 0 bridgehead atoms. The van der Waals surface area contributed by atoms with Crippen LogP contribution in [0.25, 0.3) is 16.6 Å². The molecular formula is C27H24N2O3. The lowest BCUT2D eigenvalue weighted by Gasteiger charge is -2.12. The Hall–Kier alpha value is -3.86. The van der Waals surface area contributed by atoms with Crippen LogP contribution in [0.4, 0.5) is 0 Å². The van der Waals surface area contributed by atoms with E-state index in [9.17, 15) is 4.79 Å². The first-order chi connectivity index (χ1) is 15.5. The lowest BCUT2D eigenvalue weighted by molar-refractivity contribution is 0.0600. The molecule has 0 saturated heterocycles. The molecule has 5 rings (SSSR count). The summed E-state index contributed by atoms with van der Waals surface area (Å²) in [5, 5.41) is 0. The molecule has 0 spiro atoms. The third-order valence-electron chi connectivity index (χ3n) is 5.93. The number of hydrogen-bond donors (Lipinski definition) is 0. The molecule has 0 atom stereocenters. The van der Waals surface area contributed by atoms with E-state index in [-0.39, 0.29) is 5.97 Å². The van der Waals surface area contributed by atoms with Crippen LogP contribution in [-0.2, 0) is 17.9 Å². The van der Waals surface area contributed by atoms with E-state index in [4.69, 9.17) is 9.47 Å². The second-order valence-electron chi connectivity index (χ2n) is 8.11. The molecule has 4 aromatic rings. The molecule has 5 heteroatoms. The molecule has 1 aliphatic rings. The number of aryl methyl sites for hydroxylation is 2. The molecule has 0 fully saturated rings. The van der Waals surface area contributed by atoms with Crippen molar-refractivity contribution in [2.24, 2.45) is 0 Å². The number of carbonyl (C=O) groups is 1. The van der Waals surface area contributed by atoms with Gasteiger partial charge in [0, 0.05) is 12.1 Å². The van der Waals surface area contributed by atoms with Crippen LogP contribution in [-0.4, -0.2) is 22.6 Å². The summed E-state index contributed by atoms with van der Waals surface area (Å²) in [7, 11) is 1.39. The number of ether oxygens (including phenoxy) is 2. The predicted octanol–water partition coefficient (Wildman–Crippen LogP) is 5.46. The van der Waals surface area contributed by atoms with Gasteiger partial charge in [-0.25, -0.2) is 9.78 Å². The fraction of sp³-hybridized carbons (Fsp3) is 0.185. The Bertz CT molecular complexity index is 1380. The Balaban J connectivity index is 1.66. The molecule has 0 N–H and O–H groups in total. The molecule has 0 unspecified atom stereocenters. The average Bonchev–Trinajstić information content (AvgIpc) is 3.13. The van der Waals surface area contributed by atoms with Gasteiger partial charge in [0.15, 0.2) is 0 Å². The largest absolute Gasteiger partial charge is 0.488 e. The van der Waals surface area contributed by atoms with Crippen LogP contribution in [0.5, 0.6) is 5.75 Å². The van der Waals surface area contributed by atoms with Gasteiger partial charge in [0.05, 0.1) is 30.0 Å². The first-order valence-electron chi connectivity index (χ1n) is 10.6. The van der Waals surface area contributed by atoms with E-state index >= 15 is 0 Å². The number of esters is 1. The summed E-state index contributed by atoms with van der Waals surface area (Å²) in [4.78, 5) is 16.8. The third-order valence-corrected chi connectivity index (χ3v) is 5.93. The van der Waals surface area contributed by atoms with Gasteiger partial charge in [0.25, 0.3) is 0 Å². The SMILES string of the molecule is COC(=O)c1ccc2c(c1)/C(=C/Cn1cnc3c(C)cc(C)cc31)c1ccccc1CO2. The van der Waals surface area contributed by atoms with Crippen molar-refractivity contribution in [1.82, 2.24) is 9.55 Å². The zero-order chi connectivity index (χ0) is 22.2. The number of allylic oxidation sites excluding steroid dienone is 1. The van der Waals surface area contributed by atoms with Gasteiger partial charge in [-0.2, -0.15) is 0 Å². The summed E-state index contributed by atoms with van der Waals surface area (Å²) >= 11 is 0. The minimum Gasteiger partial charge on any atom is -0.488 e. The van der Waals surface area contributed by atoms with E-state index in [1.807, 2.05) is 30.6 Å². The highest BCUT2D eigenvalue weighted by Crippen LogP contribution is 2.37. The first kappa shape index (κ1) is 20.1. The van der Waals surface area contributed by atoms with E-state index in [0.29, 0.717) is 18.7 Å². The average molecular weight is 425 g/mol. The van der Waals surface area contributed by atoms with Crippen LogP contribution in [0.3, 0.4) is 0 Å². The summed E-state index contributed by atoms with van der Waals surface area (Å²) in [5.41, 5.74) is 9.15. The zero-order valence-electron chi connectivity index (χ0n) is 18.4. The van der Waals surface area contributed by atoms with Gasteiger partial charge in [-0.1, -0.05) is 36.4 Å². The molecule has 5 nitrogen and oxygen atoms in total. The summed E-state index contributed by atoms with van der Waals surface area (Å²) < 4.78 is 13.2. The lowest BCUT2D eigenvalue weighted by Crippen LogP contribution is -2.03.